The summed E-state index contributed by atoms with van der Waals surface area (Å²) in [6, 6.07) is 2.76. The maximum atomic E-state index is 12.2. The van der Waals surface area contributed by atoms with Crippen LogP contribution in [-0.4, -0.2) is 11.7 Å². The minimum absolute atomic E-state index is 0.0922. The summed E-state index contributed by atoms with van der Waals surface area (Å²) in [4.78, 5) is 0. The number of benzene rings is 1. The maximum absolute atomic E-state index is 12.2. The van der Waals surface area contributed by atoms with E-state index in [1.54, 1.807) is 0 Å². The SMILES string of the molecule is NCC(O)c1ccc(C(F)(F)F)cc1Cl. The Morgan fingerprint density at radius 1 is 1.40 bits per heavy atom. The van der Waals surface area contributed by atoms with E-state index in [0.29, 0.717) is 0 Å². The average Bonchev–Trinajstić information content (AvgIpc) is 2.15. The van der Waals surface area contributed by atoms with Crippen LogP contribution in [0.5, 0.6) is 0 Å². The van der Waals surface area contributed by atoms with Crippen molar-refractivity contribution in [1.29, 1.82) is 0 Å². The molecule has 0 heterocycles. The minimum atomic E-state index is -4.43. The van der Waals surface area contributed by atoms with Gasteiger partial charge in [0.05, 0.1) is 11.7 Å². The van der Waals surface area contributed by atoms with E-state index >= 15 is 0 Å². The highest BCUT2D eigenvalue weighted by molar-refractivity contribution is 6.31. The smallest absolute Gasteiger partial charge is 0.387 e. The van der Waals surface area contributed by atoms with Crippen molar-refractivity contribution in [3.8, 4) is 0 Å². The molecule has 0 aliphatic heterocycles. The van der Waals surface area contributed by atoms with Crippen molar-refractivity contribution in [2.45, 2.75) is 12.3 Å². The summed E-state index contributed by atoms with van der Waals surface area (Å²) < 4.78 is 36.7. The zero-order chi connectivity index (χ0) is 11.6. The monoisotopic (exact) mass is 239 g/mol. The van der Waals surface area contributed by atoms with Crippen LogP contribution in [0.2, 0.25) is 5.02 Å². The standard InChI is InChI=1S/C9H9ClF3NO/c10-7-3-5(9(11,12)13)1-2-6(7)8(15)4-14/h1-3,8,15H,4,14H2. The van der Waals surface area contributed by atoms with Crippen molar-refractivity contribution in [2.75, 3.05) is 6.54 Å². The number of aliphatic hydroxyl groups is 1. The third-order valence-electron chi connectivity index (χ3n) is 1.91. The Balaban J connectivity index is 3.09. The largest absolute Gasteiger partial charge is 0.416 e. The van der Waals surface area contributed by atoms with Crippen LogP contribution in [0.1, 0.15) is 17.2 Å². The molecule has 84 valence electrons. The number of rotatable bonds is 2. The lowest BCUT2D eigenvalue weighted by Crippen LogP contribution is -2.13. The first-order valence-electron chi connectivity index (χ1n) is 4.11. The van der Waals surface area contributed by atoms with E-state index in [4.69, 9.17) is 17.3 Å². The highest BCUT2D eigenvalue weighted by Crippen LogP contribution is 2.33. The molecule has 1 aromatic carbocycles. The lowest BCUT2D eigenvalue weighted by atomic mass is 10.1. The molecule has 0 aliphatic rings. The summed E-state index contributed by atoms with van der Waals surface area (Å²) in [5.74, 6) is 0. The van der Waals surface area contributed by atoms with Gasteiger partial charge in [-0.2, -0.15) is 13.2 Å². The number of hydrogen-bond acceptors (Lipinski definition) is 2. The maximum Gasteiger partial charge on any atom is 0.416 e. The Morgan fingerprint density at radius 2 is 2.00 bits per heavy atom. The molecule has 0 saturated heterocycles. The van der Waals surface area contributed by atoms with Gasteiger partial charge in [0.25, 0.3) is 0 Å². The van der Waals surface area contributed by atoms with Crippen LogP contribution in [0.4, 0.5) is 13.2 Å². The lowest BCUT2D eigenvalue weighted by molar-refractivity contribution is -0.137. The minimum Gasteiger partial charge on any atom is -0.387 e. The molecule has 0 spiro atoms. The molecule has 3 N–H and O–H groups in total. The molecule has 1 rings (SSSR count). The first kappa shape index (κ1) is 12.3. The van der Waals surface area contributed by atoms with Gasteiger partial charge in [-0.15, -0.1) is 0 Å². The summed E-state index contributed by atoms with van der Waals surface area (Å²) in [5, 5.41) is 9.18. The number of nitrogens with two attached hydrogens (primary N) is 1. The third kappa shape index (κ3) is 2.84. The van der Waals surface area contributed by atoms with E-state index in [1.165, 1.54) is 0 Å². The van der Waals surface area contributed by atoms with Crippen LogP contribution in [0, 0.1) is 0 Å². The fourth-order valence-electron chi connectivity index (χ4n) is 1.10. The van der Waals surface area contributed by atoms with Crippen LogP contribution in [0.25, 0.3) is 0 Å². The molecule has 0 amide bonds. The van der Waals surface area contributed by atoms with Gasteiger partial charge in [0, 0.05) is 17.1 Å². The van der Waals surface area contributed by atoms with Gasteiger partial charge in [-0.1, -0.05) is 17.7 Å². The highest BCUT2D eigenvalue weighted by Gasteiger charge is 2.31. The van der Waals surface area contributed by atoms with E-state index < -0.39 is 17.8 Å². The first-order valence-corrected chi connectivity index (χ1v) is 4.49. The van der Waals surface area contributed by atoms with Crippen LogP contribution in [0.15, 0.2) is 18.2 Å². The van der Waals surface area contributed by atoms with Gasteiger partial charge in [0.15, 0.2) is 0 Å². The van der Waals surface area contributed by atoms with Crippen LogP contribution < -0.4 is 5.73 Å². The van der Waals surface area contributed by atoms with Crippen LogP contribution in [0.3, 0.4) is 0 Å². The predicted molar refractivity (Wildman–Crippen MR) is 50.5 cm³/mol. The molecule has 0 aromatic heterocycles. The molecule has 1 unspecified atom stereocenters. The zero-order valence-electron chi connectivity index (χ0n) is 7.55. The summed E-state index contributed by atoms with van der Waals surface area (Å²) in [5.41, 5.74) is 4.52. The molecular formula is C9H9ClF3NO. The molecule has 0 bridgehead atoms. The van der Waals surface area contributed by atoms with Gasteiger partial charge in [0.1, 0.15) is 0 Å². The van der Waals surface area contributed by atoms with E-state index in [1.807, 2.05) is 0 Å². The van der Waals surface area contributed by atoms with E-state index in [9.17, 15) is 18.3 Å². The topological polar surface area (TPSA) is 46.2 Å². The van der Waals surface area contributed by atoms with Crippen molar-refractivity contribution in [3.63, 3.8) is 0 Å². The summed E-state index contributed by atoms with van der Waals surface area (Å²) in [6.07, 6.45) is -5.48. The van der Waals surface area contributed by atoms with Gasteiger partial charge in [-0.25, -0.2) is 0 Å². The van der Waals surface area contributed by atoms with Gasteiger partial charge < -0.3 is 10.8 Å². The molecule has 0 aliphatic carbocycles. The van der Waals surface area contributed by atoms with Crippen LogP contribution in [-0.2, 0) is 6.18 Å². The Hall–Kier alpha value is -0.780. The molecule has 6 heteroatoms. The molecule has 0 saturated carbocycles. The molecule has 1 aromatic rings. The van der Waals surface area contributed by atoms with Gasteiger partial charge in [-0.3, -0.25) is 0 Å². The third-order valence-corrected chi connectivity index (χ3v) is 2.24. The summed E-state index contributed by atoms with van der Waals surface area (Å²) >= 11 is 5.59. The molecule has 1 atom stereocenters. The zero-order valence-corrected chi connectivity index (χ0v) is 8.31. The molecule has 0 radical (unpaired) electrons. The van der Waals surface area contributed by atoms with Crippen molar-refractivity contribution in [2.24, 2.45) is 5.73 Å². The van der Waals surface area contributed by atoms with Crippen molar-refractivity contribution >= 4 is 11.6 Å². The lowest BCUT2D eigenvalue weighted by Gasteiger charge is -2.12. The predicted octanol–water partition coefficient (Wildman–Crippen LogP) is 2.35. The number of hydrogen-bond donors (Lipinski definition) is 2. The molecule has 0 fully saturated rings. The fraction of sp³-hybridized carbons (Fsp3) is 0.333. The Kier molecular flexibility index (Phi) is 3.59. The first-order chi connectivity index (χ1) is 6.86. The van der Waals surface area contributed by atoms with Crippen molar-refractivity contribution in [3.05, 3.63) is 34.3 Å². The van der Waals surface area contributed by atoms with Crippen molar-refractivity contribution < 1.29 is 18.3 Å². The quantitative estimate of drug-likeness (QED) is 0.832. The highest BCUT2D eigenvalue weighted by atomic mass is 35.5. The fourth-order valence-corrected chi connectivity index (χ4v) is 1.41. The van der Waals surface area contributed by atoms with Crippen LogP contribution >= 0.6 is 11.6 Å². The summed E-state index contributed by atoms with van der Waals surface area (Å²) in [6.45, 7) is -0.0922. The number of aliphatic hydroxyl groups excluding tert-OH is 1. The van der Waals surface area contributed by atoms with Gasteiger partial charge in [-0.05, 0) is 12.1 Å². The van der Waals surface area contributed by atoms with Gasteiger partial charge in [0.2, 0.25) is 0 Å². The normalized spacial score (nSPS) is 14.0. The van der Waals surface area contributed by atoms with Gasteiger partial charge >= 0.3 is 6.18 Å². The molecule has 15 heavy (non-hydrogen) atoms. The van der Waals surface area contributed by atoms with E-state index in [0.717, 1.165) is 18.2 Å². The van der Waals surface area contributed by atoms with Crippen molar-refractivity contribution in [1.82, 2.24) is 0 Å². The number of halogens is 4. The average molecular weight is 240 g/mol. The number of alkyl halides is 3. The van der Waals surface area contributed by atoms with E-state index in [2.05, 4.69) is 0 Å². The van der Waals surface area contributed by atoms with E-state index in [-0.39, 0.29) is 17.1 Å². The Labute approximate surface area is 89.5 Å². The molecular weight excluding hydrogens is 231 g/mol. The molecule has 2 nitrogen and oxygen atoms in total. The second-order valence-electron chi connectivity index (χ2n) is 2.99. The Bertz CT molecular complexity index is 354. The summed E-state index contributed by atoms with van der Waals surface area (Å²) in [7, 11) is 0. The Morgan fingerprint density at radius 3 is 2.40 bits per heavy atom. The second-order valence-corrected chi connectivity index (χ2v) is 3.39. The second kappa shape index (κ2) is 4.38.